The van der Waals surface area contributed by atoms with E-state index in [-0.39, 0.29) is 24.6 Å². The van der Waals surface area contributed by atoms with Crippen molar-refractivity contribution in [3.05, 3.63) is 58.8 Å². The van der Waals surface area contributed by atoms with Crippen LogP contribution in [0.3, 0.4) is 0 Å². The number of carbonyl (C=O) groups excluding carboxylic acids is 3. The Bertz CT molecular complexity index is 987. The van der Waals surface area contributed by atoms with Crippen LogP contribution in [0.15, 0.2) is 48.2 Å². The second-order valence-corrected chi connectivity index (χ2v) is 7.22. The summed E-state index contributed by atoms with van der Waals surface area (Å²) in [5.74, 6) is -3.25. The van der Waals surface area contributed by atoms with Gasteiger partial charge in [-0.25, -0.2) is 0 Å². The summed E-state index contributed by atoms with van der Waals surface area (Å²) in [6, 6.07) is 6.62. The third-order valence-corrected chi connectivity index (χ3v) is 5.48. The molecule has 1 saturated heterocycles. The van der Waals surface area contributed by atoms with Crippen molar-refractivity contribution in [1.82, 2.24) is 4.90 Å². The van der Waals surface area contributed by atoms with Crippen molar-refractivity contribution in [1.29, 1.82) is 5.26 Å². The number of halogens is 2. The predicted octanol–water partition coefficient (Wildman–Crippen LogP) is 1.40. The smallest absolute Gasteiger partial charge is 0.329 e. The topological polar surface area (TPSA) is 140 Å². The monoisotopic (exact) mass is 450 g/mol. The molecule has 8 nitrogen and oxygen atoms in total. The van der Waals surface area contributed by atoms with Crippen molar-refractivity contribution < 1.29 is 19.1 Å². The van der Waals surface area contributed by atoms with Gasteiger partial charge in [0.15, 0.2) is 5.41 Å². The first-order chi connectivity index (χ1) is 13.8. The van der Waals surface area contributed by atoms with Crippen LogP contribution in [0, 0.1) is 16.7 Å². The van der Waals surface area contributed by atoms with E-state index >= 15 is 0 Å². The number of hydrogen-bond acceptors (Lipinski definition) is 6. The molecule has 2 aliphatic heterocycles. The summed E-state index contributed by atoms with van der Waals surface area (Å²) in [5, 5.41) is 10.6. The molecule has 0 aliphatic carbocycles. The van der Waals surface area contributed by atoms with E-state index in [9.17, 15) is 19.6 Å². The Kier molecular flexibility index (Phi) is 6.80. The molecule has 4 N–H and O–H groups in total. The van der Waals surface area contributed by atoms with Crippen LogP contribution < -0.4 is 11.5 Å². The molecule has 0 saturated carbocycles. The van der Waals surface area contributed by atoms with E-state index in [0.717, 1.165) is 0 Å². The number of nitrogens with zero attached hydrogens (tertiary/aromatic N) is 2. The Morgan fingerprint density at radius 1 is 1.33 bits per heavy atom. The highest BCUT2D eigenvalue weighted by Gasteiger charge is 2.66. The van der Waals surface area contributed by atoms with Crippen LogP contribution in [0.25, 0.3) is 0 Å². The molecule has 3 rings (SSSR count). The molecule has 158 valence electrons. The predicted molar refractivity (Wildman–Crippen MR) is 111 cm³/mol. The molecule has 1 aromatic rings. The van der Waals surface area contributed by atoms with Crippen LogP contribution in [0.2, 0.25) is 5.02 Å². The largest absolute Gasteiger partial charge is 0.465 e. The number of esters is 1. The Balaban J connectivity index is 0.00000320. The molecule has 0 aromatic heterocycles. The van der Waals surface area contributed by atoms with Crippen molar-refractivity contribution in [3.63, 3.8) is 0 Å². The van der Waals surface area contributed by atoms with Gasteiger partial charge in [-0.3, -0.25) is 14.4 Å². The van der Waals surface area contributed by atoms with Crippen molar-refractivity contribution in [2.45, 2.75) is 24.9 Å². The van der Waals surface area contributed by atoms with E-state index in [1.807, 2.05) is 0 Å². The maximum atomic E-state index is 13.1. The fourth-order valence-corrected chi connectivity index (χ4v) is 4.30. The fraction of sp³-hybridized carbons (Fsp3) is 0.300. The zero-order chi connectivity index (χ0) is 21.3. The number of nitrogens with two attached hydrogens (primary N) is 2. The number of fused-ring (bicyclic) bond motifs is 1. The number of benzene rings is 1. The van der Waals surface area contributed by atoms with E-state index in [0.29, 0.717) is 10.6 Å². The second kappa shape index (κ2) is 8.78. The zero-order valence-electron chi connectivity index (χ0n) is 15.9. The number of amides is 2. The van der Waals surface area contributed by atoms with Crippen LogP contribution >= 0.6 is 24.0 Å². The Labute approximate surface area is 184 Å². The maximum absolute atomic E-state index is 13.1. The summed E-state index contributed by atoms with van der Waals surface area (Å²) in [5.41, 5.74) is 9.87. The summed E-state index contributed by atoms with van der Waals surface area (Å²) < 4.78 is 5.23. The lowest BCUT2D eigenvalue weighted by atomic mass is 9.68. The summed E-state index contributed by atoms with van der Waals surface area (Å²) >= 11 is 6.13. The van der Waals surface area contributed by atoms with Gasteiger partial charge in [0.25, 0.3) is 0 Å². The lowest BCUT2D eigenvalue weighted by Crippen LogP contribution is -2.45. The summed E-state index contributed by atoms with van der Waals surface area (Å²) in [6.45, 7) is 1.67. The molecule has 2 heterocycles. The average Bonchev–Trinajstić information content (AvgIpc) is 2.99. The number of nitriles is 1. The number of hydrogen-bond donors (Lipinski definition) is 2. The second-order valence-electron chi connectivity index (χ2n) is 6.78. The molecular formula is C20H20Cl2N4O4. The first-order valence-corrected chi connectivity index (χ1v) is 9.26. The first-order valence-electron chi connectivity index (χ1n) is 8.88. The molecule has 2 aliphatic rings. The minimum Gasteiger partial charge on any atom is -0.465 e. The highest BCUT2D eigenvalue weighted by molar-refractivity contribution is 6.30. The molecule has 0 bridgehead atoms. The molecule has 0 spiro atoms. The lowest BCUT2D eigenvalue weighted by Gasteiger charge is -2.32. The molecule has 0 radical (unpaired) electrons. The van der Waals surface area contributed by atoms with Crippen LogP contribution in [0.5, 0.6) is 0 Å². The Morgan fingerprint density at radius 3 is 2.57 bits per heavy atom. The van der Waals surface area contributed by atoms with Gasteiger partial charge in [-0.2, -0.15) is 5.26 Å². The molecule has 1 aromatic carbocycles. The molecule has 4 unspecified atom stereocenters. The third kappa shape index (κ3) is 3.51. The van der Waals surface area contributed by atoms with Crippen molar-refractivity contribution in [2.24, 2.45) is 16.9 Å². The molecule has 10 heteroatoms. The number of rotatable bonds is 5. The zero-order valence-corrected chi connectivity index (χ0v) is 17.5. The standard InChI is InChI=1S/C20H19ClN4O4.ClH/c1-2-29-19(28)20(10-22)14-7-6-12(17(23)26)9-25(14)16(18(24)27)15(20)11-4-3-5-13(21)8-11;/h3-9,14-16H,2H2,1H3,(H2,23,26)(H2,24,27);1H. The fourth-order valence-electron chi connectivity index (χ4n) is 4.11. The molecule has 1 fully saturated rings. The van der Waals surface area contributed by atoms with Gasteiger partial charge < -0.3 is 21.1 Å². The van der Waals surface area contributed by atoms with Crippen LogP contribution in [0.4, 0.5) is 0 Å². The van der Waals surface area contributed by atoms with Gasteiger partial charge in [-0.1, -0.05) is 29.8 Å². The minimum absolute atomic E-state index is 0. The normalized spacial score (nSPS) is 26.6. The number of primary amides is 2. The van der Waals surface area contributed by atoms with Crippen molar-refractivity contribution >= 4 is 41.8 Å². The summed E-state index contributed by atoms with van der Waals surface area (Å²) in [4.78, 5) is 38.7. The Morgan fingerprint density at radius 2 is 2.03 bits per heavy atom. The van der Waals surface area contributed by atoms with Crippen LogP contribution in [-0.2, 0) is 19.1 Å². The van der Waals surface area contributed by atoms with Gasteiger partial charge in [-0.05, 0) is 30.7 Å². The third-order valence-electron chi connectivity index (χ3n) is 5.24. The van der Waals surface area contributed by atoms with Gasteiger partial charge in [-0.15, -0.1) is 12.4 Å². The highest BCUT2D eigenvalue weighted by atomic mass is 35.5. The van der Waals surface area contributed by atoms with E-state index in [2.05, 4.69) is 6.07 Å². The van der Waals surface area contributed by atoms with Crippen molar-refractivity contribution in [2.75, 3.05) is 6.61 Å². The van der Waals surface area contributed by atoms with Crippen LogP contribution in [-0.4, -0.2) is 41.4 Å². The van der Waals surface area contributed by atoms with Gasteiger partial charge >= 0.3 is 5.97 Å². The van der Waals surface area contributed by atoms with Gasteiger partial charge in [0, 0.05) is 17.1 Å². The molecule has 30 heavy (non-hydrogen) atoms. The first kappa shape index (κ1) is 23.3. The Hall–Kier alpha value is -3.02. The lowest BCUT2D eigenvalue weighted by molar-refractivity contribution is -0.153. The quantitative estimate of drug-likeness (QED) is 0.649. The SMILES string of the molecule is CCOC(=O)C1(C#N)C(c2cccc(Cl)c2)C(C(N)=O)N2C=C(C(N)=O)C=CC21.Cl. The summed E-state index contributed by atoms with van der Waals surface area (Å²) in [6.07, 6.45) is 4.28. The molecule has 4 atom stereocenters. The van der Waals surface area contributed by atoms with Crippen molar-refractivity contribution in [3.8, 4) is 6.07 Å². The average molecular weight is 451 g/mol. The number of carbonyl (C=O) groups is 3. The van der Waals surface area contributed by atoms with Crippen LogP contribution in [0.1, 0.15) is 18.4 Å². The molecular weight excluding hydrogens is 431 g/mol. The van der Waals surface area contributed by atoms with E-state index < -0.39 is 41.2 Å². The van der Waals surface area contributed by atoms with Gasteiger partial charge in [0.1, 0.15) is 6.04 Å². The van der Waals surface area contributed by atoms with E-state index in [1.54, 1.807) is 31.2 Å². The van der Waals surface area contributed by atoms with E-state index in [4.69, 9.17) is 27.8 Å². The van der Waals surface area contributed by atoms with E-state index in [1.165, 1.54) is 23.3 Å². The summed E-state index contributed by atoms with van der Waals surface area (Å²) in [7, 11) is 0. The van der Waals surface area contributed by atoms with Gasteiger partial charge in [0.05, 0.1) is 24.3 Å². The molecule has 2 amide bonds. The highest BCUT2D eigenvalue weighted by Crippen LogP contribution is 2.53. The van der Waals surface area contributed by atoms with Gasteiger partial charge in [0.2, 0.25) is 11.8 Å². The maximum Gasteiger partial charge on any atom is 0.329 e. The number of ether oxygens (including phenoxy) is 1. The minimum atomic E-state index is -1.80.